The average molecular weight is 248 g/mol. The maximum Gasteiger partial charge on any atom is 0.307 e. The minimum Gasteiger partial charge on any atom is -0.481 e. The maximum atomic E-state index is 11.2. The van der Waals surface area contributed by atoms with Crippen LogP contribution in [0.1, 0.15) is 45.7 Å². The van der Waals surface area contributed by atoms with E-state index in [9.17, 15) is 9.90 Å². The van der Waals surface area contributed by atoms with Crippen molar-refractivity contribution in [2.75, 3.05) is 0 Å². The summed E-state index contributed by atoms with van der Waals surface area (Å²) < 4.78 is 0. The van der Waals surface area contributed by atoms with Crippen molar-refractivity contribution in [2.24, 2.45) is 11.8 Å². The zero-order chi connectivity index (χ0) is 13.9. The topological polar surface area (TPSA) is 37.3 Å². The van der Waals surface area contributed by atoms with Gasteiger partial charge in [-0.05, 0) is 28.9 Å². The predicted octanol–water partition coefficient (Wildman–Crippen LogP) is 3.88. The van der Waals surface area contributed by atoms with E-state index >= 15 is 0 Å². The second-order valence-electron chi connectivity index (χ2n) is 6.34. The van der Waals surface area contributed by atoms with Gasteiger partial charge in [-0.3, -0.25) is 4.79 Å². The third kappa shape index (κ3) is 3.86. The van der Waals surface area contributed by atoms with E-state index < -0.39 is 5.97 Å². The molecule has 0 amide bonds. The first kappa shape index (κ1) is 14.7. The molecule has 0 saturated heterocycles. The van der Waals surface area contributed by atoms with E-state index in [-0.39, 0.29) is 17.3 Å². The summed E-state index contributed by atoms with van der Waals surface area (Å²) in [6, 6.07) is 8.32. The van der Waals surface area contributed by atoms with Gasteiger partial charge < -0.3 is 5.11 Å². The van der Waals surface area contributed by atoms with Crippen molar-refractivity contribution >= 4 is 5.97 Å². The molecule has 0 fully saturated rings. The Labute approximate surface area is 110 Å². The molecule has 0 spiro atoms. The second-order valence-corrected chi connectivity index (χ2v) is 6.34. The van der Waals surface area contributed by atoms with Crippen LogP contribution in [0.15, 0.2) is 24.3 Å². The lowest BCUT2D eigenvalue weighted by atomic mass is 9.85. The Morgan fingerprint density at radius 1 is 1.17 bits per heavy atom. The van der Waals surface area contributed by atoms with Gasteiger partial charge in [0.15, 0.2) is 0 Å². The van der Waals surface area contributed by atoms with Crippen LogP contribution in [0.3, 0.4) is 0 Å². The van der Waals surface area contributed by atoms with Gasteiger partial charge in [0, 0.05) is 0 Å². The number of rotatable bonds is 4. The molecule has 0 aliphatic heterocycles. The van der Waals surface area contributed by atoms with Crippen LogP contribution in [-0.4, -0.2) is 11.1 Å². The Bertz CT molecular complexity index is 396. The summed E-state index contributed by atoms with van der Waals surface area (Å²) in [7, 11) is 0. The Hall–Kier alpha value is -1.31. The van der Waals surface area contributed by atoms with Crippen molar-refractivity contribution < 1.29 is 9.90 Å². The summed E-state index contributed by atoms with van der Waals surface area (Å²) in [4.78, 5) is 11.2. The van der Waals surface area contributed by atoms with Gasteiger partial charge in [-0.2, -0.15) is 0 Å². The predicted molar refractivity (Wildman–Crippen MR) is 74.8 cm³/mol. The molecule has 1 rings (SSSR count). The smallest absolute Gasteiger partial charge is 0.307 e. The highest BCUT2D eigenvalue weighted by Crippen LogP contribution is 2.24. The molecule has 0 heterocycles. The molecule has 100 valence electrons. The van der Waals surface area contributed by atoms with E-state index in [4.69, 9.17) is 0 Å². The van der Waals surface area contributed by atoms with Gasteiger partial charge in [-0.15, -0.1) is 0 Å². The van der Waals surface area contributed by atoms with E-state index in [0.29, 0.717) is 6.42 Å². The molecule has 1 aromatic carbocycles. The molecule has 0 bridgehead atoms. The van der Waals surface area contributed by atoms with E-state index in [0.717, 1.165) is 5.56 Å². The standard InChI is InChI=1S/C16H24O2/c1-11(2)14(15(17)18)10-12-6-8-13(9-7-12)16(3,4)5/h6-9,11,14H,10H2,1-5H3,(H,17,18). The minimum atomic E-state index is -0.704. The fourth-order valence-electron chi connectivity index (χ4n) is 2.00. The number of hydrogen-bond acceptors (Lipinski definition) is 1. The fraction of sp³-hybridized carbons (Fsp3) is 0.562. The number of carboxylic acids is 1. The first-order valence-electron chi connectivity index (χ1n) is 6.54. The maximum absolute atomic E-state index is 11.2. The van der Waals surface area contributed by atoms with Crippen molar-refractivity contribution in [3.63, 3.8) is 0 Å². The SMILES string of the molecule is CC(C)C(Cc1ccc(C(C)(C)C)cc1)C(=O)O. The Morgan fingerprint density at radius 2 is 1.67 bits per heavy atom. The van der Waals surface area contributed by atoms with E-state index in [2.05, 4.69) is 45.0 Å². The number of hydrogen-bond donors (Lipinski definition) is 1. The quantitative estimate of drug-likeness (QED) is 0.878. The molecule has 18 heavy (non-hydrogen) atoms. The molecule has 1 atom stereocenters. The third-order valence-corrected chi connectivity index (χ3v) is 3.40. The molecule has 1 unspecified atom stereocenters. The van der Waals surface area contributed by atoms with Crippen LogP contribution in [0.4, 0.5) is 0 Å². The van der Waals surface area contributed by atoms with Gasteiger partial charge in [0.25, 0.3) is 0 Å². The molecule has 0 aliphatic rings. The highest BCUT2D eigenvalue weighted by atomic mass is 16.4. The lowest BCUT2D eigenvalue weighted by molar-refractivity contribution is -0.143. The summed E-state index contributed by atoms with van der Waals surface area (Å²) in [5, 5.41) is 9.19. The normalized spacial score (nSPS) is 13.7. The van der Waals surface area contributed by atoms with Gasteiger partial charge >= 0.3 is 5.97 Å². The van der Waals surface area contributed by atoms with E-state index in [1.807, 2.05) is 13.8 Å². The summed E-state index contributed by atoms with van der Waals surface area (Å²) in [6.07, 6.45) is 0.609. The van der Waals surface area contributed by atoms with Crippen molar-refractivity contribution in [2.45, 2.75) is 46.5 Å². The van der Waals surface area contributed by atoms with E-state index in [1.165, 1.54) is 5.56 Å². The molecule has 0 saturated carbocycles. The minimum absolute atomic E-state index is 0.142. The third-order valence-electron chi connectivity index (χ3n) is 3.40. The van der Waals surface area contributed by atoms with Crippen LogP contribution >= 0.6 is 0 Å². The largest absolute Gasteiger partial charge is 0.481 e. The van der Waals surface area contributed by atoms with Crippen molar-refractivity contribution in [3.05, 3.63) is 35.4 Å². The zero-order valence-electron chi connectivity index (χ0n) is 12.0. The first-order valence-corrected chi connectivity index (χ1v) is 6.54. The Balaban J connectivity index is 2.83. The van der Waals surface area contributed by atoms with Crippen molar-refractivity contribution in [1.82, 2.24) is 0 Å². The molecule has 0 radical (unpaired) electrons. The van der Waals surface area contributed by atoms with Crippen LogP contribution in [-0.2, 0) is 16.6 Å². The summed E-state index contributed by atoms with van der Waals surface area (Å²) >= 11 is 0. The van der Waals surface area contributed by atoms with Gasteiger partial charge in [0.2, 0.25) is 0 Å². The molecule has 1 aromatic rings. The molecule has 0 aliphatic carbocycles. The molecular weight excluding hydrogens is 224 g/mol. The van der Waals surface area contributed by atoms with Crippen molar-refractivity contribution in [3.8, 4) is 0 Å². The van der Waals surface area contributed by atoms with Gasteiger partial charge in [-0.25, -0.2) is 0 Å². The molecule has 2 heteroatoms. The highest BCUT2D eigenvalue weighted by molar-refractivity contribution is 5.70. The van der Waals surface area contributed by atoms with Crippen LogP contribution in [0, 0.1) is 11.8 Å². The number of carbonyl (C=O) groups is 1. The average Bonchev–Trinajstić information content (AvgIpc) is 2.24. The number of carboxylic acid groups (broad SMARTS) is 1. The van der Waals surface area contributed by atoms with Gasteiger partial charge in [-0.1, -0.05) is 58.9 Å². The molecule has 2 nitrogen and oxygen atoms in total. The number of benzene rings is 1. The monoisotopic (exact) mass is 248 g/mol. The Morgan fingerprint density at radius 3 is 2.00 bits per heavy atom. The highest BCUT2D eigenvalue weighted by Gasteiger charge is 2.22. The number of aliphatic carboxylic acids is 1. The van der Waals surface area contributed by atoms with Gasteiger partial charge in [0.05, 0.1) is 5.92 Å². The first-order chi connectivity index (χ1) is 8.21. The molecule has 0 aromatic heterocycles. The van der Waals surface area contributed by atoms with Crippen LogP contribution in [0.2, 0.25) is 0 Å². The Kier molecular flexibility index (Phi) is 4.55. The zero-order valence-corrected chi connectivity index (χ0v) is 12.0. The second kappa shape index (κ2) is 5.55. The van der Waals surface area contributed by atoms with Crippen LogP contribution in [0.5, 0.6) is 0 Å². The van der Waals surface area contributed by atoms with Crippen LogP contribution in [0.25, 0.3) is 0 Å². The van der Waals surface area contributed by atoms with E-state index in [1.54, 1.807) is 0 Å². The lowest BCUT2D eigenvalue weighted by Crippen LogP contribution is -2.22. The summed E-state index contributed by atoms with van der Waals surface area (Å²) in [5.41, 5.74) is 2.52. The summed E-state index contributed by atoms with van der Waals surface area (Å²) in [6.45, 7) is 10.5. The fourth-order valence-corrected chi connectivity index (χ4v) is 2.00. The molecule has 1 N–H and O–H groups in total. The van der Waals surface area contributed by atoms with Crippen molar-refractivity contribution in [1.29, 1.82) is 0 Å². The molecular formula is C16H24O2. The van der Waals surface area contributed by atoms with Gasteiger partial charge in [0.1, 0.15) is 0 Å². The summed E-state index contributed by atoms with van der Waals surface area (Å²) in [5.74, 6) is -0.847. The van der Waals surface area contributed by atoms with Crippen LogP contribution < -0.4 is 0 Å². The lowest BCUT2D eigenvalue weighted by Gasteiger charge is -2.20.